The minimum Gasteiger partial charge on any atom is -0.371 e. The summed E-state index contributed by atoms with van der Waals surface area (Å²) >= 11 is 1.70. The van der Waals surface area contributed by atoms with Gasteiger partial charge in [-0.1, -0.05) is 0 Å². The van der Waals surface area contributed by atoms with Crippen LogP contribution in [0.1, 0.15) is 48.7 Å². The van der Waals surface area contributed by atoms with Crippen LogP contribution in [0.25, 0.3) is 0 Å². The van der Waals surface area contributed by atoms with Gasteiger partial charge in [0.25, 0.3) is 0 Å². The van der Waals surface area contributed by atoms with Crippen molar-refractivity contribution < 1.29 is 4.74 Å². The first-order chi connectivity index (χ1) is 7.22. The predicted octanol–water partition coefficient (Wildman–Crippen LogP) is 2.65. The lowest BCUT2D eigenvalue weighted by Gasteiger charge is -2.12. The summed E-state index contributed by atoms with van der Waals surface area (Å²) in [6.07, 6.45) is 4.65. The molecule has 0 aromatic carbocycles. The van der Waals surface area contributed by atoms with Gasteiger partial charge in [-0.05, 0) is 32.6 Å². The van der Waals surface area contributed by atoms with E-state index in [1.807, 2.05) is 20.0 Å². The predicted molar refractivity (Wildman–Crippen MR) is 61.8 cm³/mol. The summed E-state index contributed by atoms with van der Waals surface area (Å²) in [6.45, 7) is 4.79. The van der Waals surface area contributed by atoms with Crippen molar-refractivity contribution >= 4 is 11.3 Å². The monoisotopic (exact) mass is 226 g/mol. The van der Waals surface area contributed by atoms with Crippen molar-refractivity contribution in [2.24, 2.45) is 11.7 Å². The van der Waals surface area contributed by atoms with Gasteiger partial charge >= 0.3 is 0 Å². The van der Waals surface area contributed by atoms with E-state index in [4.69, 9.17) is 10.5 Å². The molecule has 2 rings (SSSR count). The quantitative estimate of drug-likeness (QED) is 0.839. The van der Waals surface area contributed by atoms with E-state index in [2.05, 4.69) is 4.98 Å². The van der Waals surface area contributed by atoms with Crippen LogP contribution in [0, 0.1) is 5.92 Å². The van der Waals surface area contributed by atoms with Gasteiger partial charge in [0.2, 0.25) is 0 Å². The molecule has 0 radical (unpaired) electrons. The number of thiazole rings is 1. The molecule has 0 aliphatic heterocycles. The molecule has 2 N–H and O–H groups in total. The number of nitrogens with two attached hydrogens (primary N) is 1. The lowest BCUT2D eigenvalue weighted by atomic mass is 10.2. The minimum absolute atomic E-state index is 0.0812. The first-order valence-electron chi connectivity index (χ1n) is 5.55. The molecule has 1 fully saturated rings. The van der Waals surface area contributed by atoms with Crippen LogP contribution in [0.5, 0.6) is 0 Å². The van der Waals surface area contributed by atoms with Crippen LogP contribution in [-0.2, 0) is 4.74 Å². The third-order valence-corrected chi connectivity index (χ3v) is 3.89. The normalized spacial score (nSPS) is 20.2. The largest absolute Gasteiger partial charge is 0.371 e. The lowest BCUT2D eigenvalue weighted by Crippen LogP contribution is -2.05. The Bertz CT molecular complexity index is 320. The Labute approximate surface area is 94.7 Å². The van der Waals surface area contributed by atoms with Gasteiger partial charge in [0.1, 0.15) is 11.1 Å². The second-order valence-corrected chi connectivity index (χ2v) is 5.20. The zero-order chi connectivity index (χ0) is 10.8. The number of ether oxygens (including phenoxy) is 1. The van der Waals surface area contributed by atoms with Crippen molar-refractivity contribution in [3.8, 4) is 0 Å². The summed E-state index contributed by atoms with van der Waals surface area (Å²) in [5.74, 6) is 0.692. The molecule has 1 saturated carbocycles. The second kappa shape index (κ2) is 4.60. The molecule has 84 valence electrons. The highest BCUT2D eigenvalue weighted by molar-refractivity contribution is 7.11. The molecule has 0 spiro atoms. The van der Waals surface area contributed by atoms with E-state index in [1.165, 1.54) is 12.8 Å². The molecule has 1 aromatic heterocycles. The van der Waals surface area contributed by atoms with Crippen molar-refractivity contribution in [3.63, 3.8) is 0 Å². The van der Waals surface area contributed by atoms with Crippen LogP contribution >= 0.6 is 11.3 Å². The standard InChI is InChI=1S/C11H18N2OS/c1-3-14-10(8-4-5-8)11-13-6-9(15-11)7(2)12/h6-8,10H,3-5,12H2,1-2H3. The molecular formula is C11H18N2OS. The first kappa shape index (κ1) is 11.0. The topological polar surface area (TPSA) is 48.1 Å². The molecule has 1 aliphatic carbocycles. The number of aromatic nitrogens is 1. The van der Waals surface area contributed by atoms with Gasteiger partial charge < -0.3 is 10.5 Å². The van der Waals surface area contributed by atoms with Crippen LogP contribution in [0.2, 0.25) is 0 Å². The molecule has 1 heterocycles. The van der Waals surface area contributed by atoms with E-state index in [9.17, 15) is 0 Å². The molecule has 2 atom stereocenters. The van der Waals surface area contributed by atoms with Crippen molar-refractivity contribution in [1.29, 1.82) is 0 Å². The average molecular weight is 226 g/mol. The molecular weight excluding hydrogens is 208 g/mol. The van der Waals surface area contributed by atoms with Gasteiger partial charge in [0, 0.05) is 23.7 Å². The average Bonchev–Trinajstić information content (AvgIpc) is 2.91. The Morgan fingerprint density at radius 1 is 1.67 bits per heavy atom. The fourth-order valence-electron chi connectivity index (χ4n) is 1.63. The second-order valence-electron chi connectivity index (χ2n) is 4.10. The Balaban J connectivity index is 2.10. The van der Waals surface area contributed by atoms with Gasteiger partial charge in [-0.3, -0.25) is 0 Å². The van der Waals surface area contributed by atoms with E-state index in [0.717, 1.165) is 16.5 Å². The highest BCUT2D eigenvalue weighted by Crippen LogP contribution is 2.44. The summed E-state index contributed by atoms with van der Waals surface area (Å²) in [6, 6.07) is 0.0812. The maximum Gasteiger partial charge on any atom is 0.122 e. The Morgan fingerprint density at radius 2 is 2.40 bits per heavy atom. The Kier molecular flexibility index (Phi) is 3.38. The molecule has 2 unspecified atom stereocenters. The van der Waals surface area contributed by atoms with Gasteiger partial charge in [0.15, 0.2) is 0 Å². The number of nitrogens with zero attached hydrogens (tertiary/aromatic N) is 1. The highest BCUT2D eigenvalue weighted by atomic mass is 32.1. The molecule has 3 nitrogen and oxygen atoms in total. The highest BCUT2D eigenvalue weighted by Gasteiger charge is 2.34. The van der Waals surface area contributed by atoms with E-state index in [0.29, 0.717) is 5.92 Å². The van der Waals surface area contributed by atoms with E-state index in [-0.39, 0.29) is 12.1 Å². The van der Waals surface area contributed by atoms with E-state index >= 15 is 0 Å². The summed E-state index contributed by atoms with van der Waals surface area (Å²) in [7, 11) is 0. The maximum absolute atomic E-state index is 5.82. The van der Waals surface area contributed by atoms with Crippen LogP contribution in [0.3, 0.4) is 0 Å². The Hall–Kier alpha value is -0.450. The first-order valence-corrected chi connectivity index (χ1v) is 6.36. The third-order valence-electron chi connectivity index (χ3n) is 2.63. The summed E-state index contributed by atoms with van der Waals surface area (Å²) in [4.78, 5) is 5.58. The van der Waals surface area contributed by atoms with Gasteiger partial charge in [-0.2, -0.15) is 0 Å². The molecule has 0 saturated heterocycles. The van der Waals surface area contributed by atoms with Gasteiger partial charge in [-0.15, -0.1) is 11.3 Å². The Morgan fingerprint density at radius 3 is 2.87 bits per heavy atom. The zero-order valence-corrected chi connectivity index (χ0v) is 10.1. The third kappa shape index (κ3) is 2.56. The van der Waals surface area contributed by atoms with Gasteiger partial charge in [0.05, 0.1) is 0 Å². The number of hydrogen-bond donors (Lipinski definition) is 1. The van der Waals surface area contributed by atoms with E-state index < -0.39 is 0 Å². The van der Waals surface area contributed by atoms with Crippen LogP contribution < -0.4 is 5.73 Å². The van der Waals surface area contributed by atoms with Crippen LogP contribution in [0.15, 0.2) is 6.20 Å². The summed E-state index contributed by atoms with van der Waals surface area (Å²) in [5, 5.41) is 1.10. The van der Waals surface area contributed by atoms with Crippen molar-refractivity contribution in [2.75, 3.05) is 6.61 Å². The molecule has 1 aliphatic rings. The van der Waals surface area contributed by atoms with Crippen molar-refractivity contribution in [1.82, 2.24) is 4.98 Å². The molecule has 0 amide bonds. The van der Waals surface area contributed by atoms with Crippen LogP contribution in [0.4, 0.5) is 0 Å². The molecule has 1 aromatic rings. The maximum atomic E-state index is 5.82. The van der Waals surface area contributed by atoms with Crippen molar-refractivity contribution in [3.05, 3.63) is 16.1 Å². The van der Waals surface area contributed by atoms with E-state index in [1.54, 1.807) is 11.3 Å². The summed E-state index contributed by atoms with van der Waals surface area (Å²) < 4.78 is 5.75. The molecule has 4 heteroatoms. The molecule has 0 bridgehead atoms. The fraction of sp³-hybridized carbons (Fsp3) is 0.727. The molecule has 15 heavy (non-hydrogen) atoms. The van der Waals surface area contributed by atoms with Crippen molar-refractivity contribution in [2.45, 2.75) is 38.8 Å². The zero-order valence-electron chi connectivity index (χ0n) is 9.27. The smallest absolute Gasteiger partial charge is 0.122 e. The number of rotatable bonds is 5. The van der Waals surface area contributed by atoms with Crippen LogP contribution in [-0.4, -0.2) is 11.6 Å². The fourth-order valence-corrected chi connectivity index (χ4v) is 2.65. The number of hydrogen-bond acceptors (Lipinski definition) is 4. The lowest BCUT2D eigenvalue weighted by molar-refractivity contribution is 0.0462. The van der Waals surface area contributed by atoms with Gasteiger partial charge in [-0.25, -0.2) is 4.98 Å². The minimum atomic E-state index is 0.0812. The summed E-state index contributed by atoms with van der Waals surface area (Å²) in [5.41, 5.74) is 5.82. The SMILES string of the molecule is CCOC(c1ncc(C(C)N)s1)C1CC1.